The van der Waals surface area contributed by atoms with Gasteiger partial charge in [0.2, 0.25) is 0 Å². The van der Waals surface area contributed by atoms with Crippen molar-refractivity contribution >= 4 is 11.9 Å². The van der Waals surface area contributed by atoms with Crippen LogP contribution in [-0.2, 0) is 9.59 Å². The number of carboxylic acid groups (broad SMARTS) is 2. The van der Waals surface area contributed by atoms with Crippen LogP contribution in [0.1, 0.15) is 51.5 Å². The molecule has 2 aliphatic carbocycles. The highest BCUT2D eigenvalue weighted by Gasteiger charge is 2.61. The lowest BCUT2D eigenvalue weighted by Gasteiger charge is -2.39. The van der Waals surface area contributed by atoms with Gasteiger partial charge >= 0.3 is 11.9 Å². The Bertz CT molecular complexity index is 616. The topological polar surface area (TPSA) is 74.6 Å². The van der Waals surface area contributed by atoms with Crippen LogP contribution in [0, 0.1) is 16.7 Å². The van der Waals surface area contributed by atoms with Gasteiger partial charge in [-0.05, 0) is 47.5 Å². The van der Waals surface area contributed by atoms with Crippen LogP contribution in [0.4, 0.5) is 0 Å². The van der Waals surface area contributed by atoms with E-state index in [0.29, 0.717) is 23.0 Å². The number of hydrogen-bond acceptors (Lipinski definition) is 2. The molecule has 3 atom stereocenters. The second-order valence-corrected chi connectivity index (χ2v) is 7.58. The summed E-state index contributed by atoms with van der Waals surface area (Å²) in [7, 11) is 0. The molecular weight excluding hydrogens is 304 g/mol. The lowest BCUT2D eigenvalue weighted by atomic mass is 9.65. The van der Waals surface area contributed by atoms with E-state index in [9.17, 15) is 9.59 Å². The Labute approximate surface area is 143 Å². The van der Waals surface area contributed by atoms with Crippen molar-refractivity contribution in [3.63, 3.8) is 0 Å². The van der Waals surface area contributed by atoms with Crippen LogP contribution >= 0.6 is 0 Å². The van der Waals surface area contributed by atoms with E-state index in [4.69, 9.17) is 10.2 Å². The van der Waals surface area contributed by atoms with E-state index >= 15 is 0 Å². The third kappa shape index (κ3) is 3.37. The predicted octanol–water partition coefficient (Wildman–Crippen LogP) is 4.33. The van der Waals surface area contributed by atoms with Gasteiger partial charge in [0, 0.05) is 12.2 Å². The number of hydrogen-bond donors (Lipinski definition) is 2. The minimum absolute atomic E-state index is 0.527. The van der Waals surface area contributed by atoms with Crippen LogP contribution in [0.3, 0.4) is 0 Å². The van der Waals surface area contributed by atoms with Gasteiger partial charge in [0.1, 0.15) is 0 Å². The number of aliphatic carboxylic acids is 2. The largest absolute Gasteiger partial charge is 0.478 e. The molecule has 2 N–H and O–H groups in total. The Morgan fingerprint density at radius 2 is 1.58 bits per heavy atom. The highest BCUT2D eigenvalue weighted by molar-refractivity contribution is 5.89. The molecular formula is C20H26O4. The van der Waals surface area contributed by atoms with Gasteiger partial charge in [-0.15, -0.1) is 0 Å². The second kappa shape index (κ2) is 6.80. The molecule has 2 aliphatic rings. The average Bonchev–Trinajstić information content (AvgIpc) is 2.87. The fourth-order valence-corrected chi connectivity index (χ4v) is 4.54. The number of carbonyl (C=O) groups is 2. The monoisotopic (exact) mass is 330 g/mol. The zero-order chi connectivity index (χ0) is 18.0. The van der Waals surface area contributed by atoms with Crippen LogP contribution in [0.2, 0.25) is 0 Å². The summed E-state index contributed by atoms with van der Waals surface area (Å²) in [5.74, 6) is -0.773. The van der Waals surface area contributed by atoms with Crippen LogP contribution in [0.5, 0.6) is 0 Å². The summed E-state index contributed by atoms with van der Waals surface area (Å²) < 4.78 is 0. The standard InChI is InChI=1S/C16H22.C4H4O4/c1-15(2)13-9-10-16(15,3)14(11-13)12-7-5-4-6-8-12;5-3(6)1-2-4(7)8/h4-8,13-14H,9-11H2,1-3H3;1-2H,(H,5,6)(H,7,8)/b;2-1+. The Hall–Kier alpha value is -2.10. The summed E-state index contributed by atoms with van der Waals surface area (Å²) >= 11 is 0. The van der Waals surface area contributed by atoms with Crippen molar-refractivity contribution in [1.29, 1.82) is 0 Å². The van der Waals surface area contributed by atoms with Gasteiger partial charge in [0.15, 0.2) is 0 Å². The molecule has 3 rings (SSSR count). The van der Waals surface area contributed by atoms with Crippen molar-refractivity contribution in [2.45, 2.75) is 46.0 Å². The van der Waals surface area contributed by atoms with Crippen LogP contribution < -0.4 is 0 Å². The molecule has 0 spiro atoms. The lowest BCUT2D eigenvalue weighted by Crippen LogP contribution is -2.31. The van der Waals surface area contributed by atoms with Gasteiger partial charge in [-0.1, -0.05) is 51.1 Å². The van der Waals surface area contributed by atoms with Gasteiger partial charge in [0.25, 0.3) is 0 Å². The molecule has 2 fully saturated rings. The normalized spacial score (nSPS) is 30.0. The average molecular weight is 330 g/mol. The molecule has 24 heavy (non-hydrogen) atoms. The quantitative estimate of drug-likeness (QED) is 0.809. The molecule has 4 nitrogen and oxygen atoms in total. The van der Waals surface area contributed by atoms with E-state index < -0.39 is 11.9 Å². The third-order valence-corrected chi connectivity index (χ3v) is 6.36. The molecule has 1 aromatic carbocycles. The number of fused-ring (bicyclic) bond motifs is 2. The Kier molecular flexibility index (Phi) is 5.16. The van der Waals surface area contributed by atoms with Crippen molar-refractivity contribution in [3.8, 4) is 0 Å². The maximum atomic E-state index is 9.55. The first-order valence-electron chi connectivity index (χ1n) is 8.37. The molecule has 0 radical (unpaired) electrons. The minimum Gasteiger partial charge on any atom is -0.478 e. The van der Waals surface area contributed by atoms with E-state index in [1.807, 2.05) is 0 Å². The molecule has 0 saturated heterocycles. The fraction of sp³-hybridized carbons (Fsp3) is 0.500. The predicted molar refractivity (Wildman–Crippen MR) is 92.8 cm³/mol. The first kappa shape index (κ1) is 18.2. The minimum atomic E-state index is -1.26. The molecule has 2 bridgehead atoms. The van der Waals surface area contributed by atoms with E-state index in [1.54, 1.807) is 5.56 Å². The van der Waals surface area contributed by atoms with Crippen LogP contribution in [-0.4, -0.2) is 22.2 Å². The van der Waals surface area contributed by atoms with Gasteiger partial charge in [-0.3, -0.25) is 0 Å². The third-order valence-electron chi connectivity index (χ3n) is 6.36. The molecule has 3 unspecified atom stereocenters. The Morgan fingerprint density at radius 1 is 1.04 bits per heavy atom. The van der Waals surface area contributed by atoms with E-state index in [-0.39, 0.29) is 0 Å². The summed E-state index contributed by atoms with van der Waals surface area (Å²) in [6.07, 6.45) is 5.40. The van der Waals surface area contributed by atoms with Gasteiger partial charge < -0.3 is 10.2 Å². The summed E-state index contributed by atoms with van der Waals surface area (Å²) in [4.78, 5) is 19.1. The fourth-order valence-electron chi connectivity index (χ4n) is 4.54. The van der Waals surface area contributed by atoms with Gasteiger partial charge in [0.05, 0.1) is 0 Å². The molecule has 0 amide bonds. The van der Waals surface area contributed by atoms with Crippen LogP contribution in [0.25, 0.3) is 0 Å². The van der Waals surface area contributed by atoms with Crippen molar-refractivity contribution in [2.75, 3.05) is 0 Å². The summed E-state index contributed by atoms with van der Waals surface area (Å²) in [5, 5.41) is 15.6. The summed E-state index contributed by atoms with van der Waals surface area (Å²) in [6.45, 7) is 7.51. The van der Waals surface area contributed by atoms with Gasteiger partial charge in [-0.2, -0.15) is 0 Å². The zero-order valence-electron chi connectivity index (χ0n) is 14.5. The molecule has 1 aromatic rings. The van der Waals surface area contributed by atoms with E-state index in [0.717, 1.165) is 11.8 Å². The van der Waals surface area contributed by atoms with Crippen molar-refractivity contribution in [3.05, 3.63) is 48.0 Å². The highest BCUT2D eigenvalue weighted by atomic mass is 16.4. The molecule has 130 valence electrons. The second-order valence-electron chi connectivity index (χ2n) is 7.58. The molecule has 0 aliphatic heterocycles. The summed E-state index contributed by atoms with van der Waals surface area (Å²) in [6, 6.07) is 11.2. The Morgan fingerprint density at radius 3 is 1.96 bits per heavy atom. The smallest absolute Gasteiger partial charge is 0.328 e. The molecule has 0 heterocycles. The highest BCUT2D eigenvalue weighted by Crippen LogP contribution is 2.70. The molecule has 0 aromatic heterocycles. The van der Waals surface area contributed by atoms with Crippen molar-refractivity contribution in [1.82, 2.24) is 0 Å². The van der Waals surface area contributed by atoms with Crippen molar-refractivity contribution in [2.24, 2.45) is 16.7 Å². The van der Waals surface area contributed by atoms with E-state index in [1.165, 1.54) is 19.3 Å². The molecule has 4 heteroatoms. The number of carboxylic acids is 2. The maximum Gasteiger partial charge on any atom is 0.328 e. The zero-order valence-corrected chi connectivity index (χ0v) is 14.5. The van der Waals surface area contributed by atoms with E-state index in [2.05, 4.69) is 51.1 Å². The van der Waals surface area contributed by atoms with Crippen LogP contribution in [0.15, 0.2) is 42.5 Å². The summed E-state index contributed by atoms with van der Waals surface area (Å²) in [5.41, 5.74) is 2.63. The SMILES string of the molecule is CC1(C)C2CCC1(C)C(c1ccccc1)C2.O=C(O)/C=C/C(=O)O. The number of rotatable bonds is 3. The lowest BCUT2D eigenvalue weighted by molar-refractivity contribution is -0.134. The Balaban J connectivity index is 0.000000224. The maximum absolute atomic E-state index is 9.55. The first-order chi connectivity index (χ1) is 11.2. The van der Waals surface area contributed by atoms with Gasteiger partial charge in [-0.25, -0.2) is 9.59 Å². The first-order valence-corrected chi connectivity index (χ1v) is 8.37. The number of benzene rings is 1. The van der Waals surface area contributed by atoms with Crippen molar-refractivity contribution < 1.29 is 19.8 Å². The molecule has 2 saturated carbocycles.